The number of hydrogen-bond acceptors (Lipinski definition) is 3. The van der Waals surface area contributed by atoms with Crippen LogP contribution >= 0.6 is 0 Å². The molecular formula is C15H19NO3S. The maximum absolute atomic E-state index is 12.2. The fourth-order valence-electron chi connectivity index (χ4n) is 2.39. The van der Waals surface area contributed by atoms with Crippen molar-refractivity contribution in [2.45, 2.75) is 26.2 Å². The molecule has 5 heteroatoms. The summed E-state index contributed by atoms with van der Waals surface area (Å²) in [4.78, 5) is 0. The van der Waals surface area contributed by atoms with Gasteiger partial charge in [-0.05, 0) is 43.0 Å². The third-order valence-corrected chi connectivity index (χ3v) is 5.25. The van der Waals surface area contributed by atoms with E-state index >= 15 is 0 Å². The first-order chi connectivity index (χ1) is 9.58. The number of sulfonamides is 1. The van der Waals surface area contributed by atoms with Crippen LogP contribution in [0.4, 0.5) is 5.69 Å². The summed E-state index contributed by atoms with van der Waals surface area (Å²) in [5.74, 6) is 5.68. The van der Waals surface area contributed by atoms with Crippen molar-refractivity contribution in [3.63, 3.8) is 0 Å². The number of aryl methyl sites for hydroxylation is 1. The average molecular weight is 293 g/mol. The van der Waals surface area contributed by atoms with E-state index in [1.165, 1.54) is 4.31 Å². The first-order valence-corrected chi connectivity index (χ1v) is 8.42. The van der Waals surface area contributed by atoms with Crippen LogP contribution in [0.5, 0.6) is 0 Å². The molecule has 0 saturated carbocycles. The Labute approximate surface area is 120 Å². The van der Waals surface area contributed by atoms with Crippen molar-refractivity contribution < 1.29 is 13.5 Å². The van der Waals surface area contributed by atoms with Gasteiger partial charge in [0.05, 0.1) is 11.4 Å². The summed E-state index contributed by atoms with van der Waals surface area (Å²) in [5.41, 5.74) is 2.54. The lowest BCUT2D eigenvalue weighted by Gasteiger charge is -2.30. The predicted octanol–water partition coefficient (Wildman–Crippen LogP) is 1.52. The molecule has 1 saturated heterocycles. The predicted molar refractivity (Wildman–Crippen MR) is 80.2 cm³/mol. The molecule has 0 aromatic heterocycles. The van der Waals surface area contributed by atoms with E-state index in [4.69, 9.17) is 5.11 Å². The minimum absolute atomic E-state index is 0.177. The standard InChI is InChI=1S/C15H19NO3S/c1-2-14-12-13(6-5-10-17)7-8-15(14)16-9-3-4-11-20(16,18)19/h7-8,12,17H,2-4,9-11H2,1H3. The summed E-state index contributed by atoms with van der Waals surface area (Å²) >= 11 is 0. The molecule has 0 aliphatic carbocycles. The Hall–Kier alpha value is -1.51. The maximum Gasteiger partial charge on any atom is 0.235 e. The van der Waals surface area contributed by atoms with Crippen LogP contribution in [0, 0.1) is 11.8 Å². The van der Waals surface area contributed by atoms with E-state index in [-0.39, 0.29) is 12.4 Å². The molecule has 108 valence electrons. The fraction of sp³-hybridized carbons (Fsp3) is 0.467. The molecule has 20 heavy (non-hydrogen) atoms. The molecule has 0 atom stereocenters. The van der Waals surface area contributed by atoms with Crippen LogP contribution < -0.4 is 4.31 Å². The van der Waals surface area contributed by atoms with E-state index in [1.807, 2.05) is 19.1 Å². The van der Waals surface area contributed by atoms with Gasteiger partial charge in [0.2, 0.25) is 10.0 Å². The molecule has 0 radical (unpaired) electrons. The molecule has 1 heterocycles. The number of benzene rings is 1. The van der Waals surface area contributed by atoms with Crippen LogP contribution in [-0.4, -0.2) is 32.4 Å². The molecule has 1 aromatic rings. The van der Waals surface area contributed by atoms with Crippen molar-refractivity contribution >= 4 is 15.7 Å². The molecule has 1 aromatic carbocycles. The zero-order valence-corrected chi connectivity index (χ0v) is 12.4. The first-order valence-electron chi connectivity index (χ1n) is 6.81. The molecule has 1 fully saturated rings. The highest BCUT2D eigenvalue weighted by Gasteiger charge is 2.27. The topological polar surface area (TPSA) is 57.6 Å². The monoisotopic (exact) mass is 293 g/mol. The van der Waals surface area contributed by atoms with Gasteiger partial charge < -0.3 is 5.11 Å². The SMILES string of the molecule is CCc1cc(C#CCO)ccc1N1CCCCS1(=O)=O. The zero-order valence-electron chi connectivity index (χ0n) is 11.6. The van der Waals surface area contributed by atoms with Gasteiger partial charge in [0.25, 0.3) is 0 Å². The molecule has 0 spiro atoms. The Bertz CT molecular complexity index is 641. The third-order valence-electron chi connectivity index (χ3n) is 3.39. The number of rotatable bonds is 2. The number of aliphatic hydroxyl groups excluding tert-OH is 1. The maximum atomic E-state index is 12.2. The summed E-state index contributed by atoms with van der Waals surface area (Å²) in [6.45, 7) is 2.37. The summed E-state index contributed by atoms with van der Waals surface area (Å²) in [7, 11) is -3.18. The first kappa shape index (κ1) is 14.9. The summed E-state index contributed by atoms with van der Waals surface area (Å²) < 4.78 is 25.9. The van der Waals surface area contributed by atoms with Crippen molar-refractivity contribution in [2.75, 3.05) is 23.2 Å². The van der Waals surface area contributed by atoms with Crippen LogP contribution in [-0.2, 0) is 16.4 Å². The van der Waals surface area contributed by atoms with E-state index < -0.39 is 10.0 Å². The molecule has 1 N–H and O–H groups in total. The van der Waals surface area contributed by atoms with Crippen LogP contribution in [0.15, 0.2) is 18.2 Å². The Morgan fingerprint density at radius 2 is 2.15 bits per heavy atom. The Morgan fingerprint density at radius 1 is 1.35 bits per heavy atom. The second kappa shape index (κ2) is 6.29. The third kappa shape index (κ3) is 3.14. The van der Waals surface area contributed by atoms with Gasteiger partial charge in [-0.3, -0.25) is 4.31 Å². The lowest BCUT2D eigenvalue weighted by atomic mass is 10.1. The fourth-order valence-corrected chi connectivity index (χ4v) is 4.07. The minimum atomic E-state index is -3.18. The molecule has 0 amide bonds. The van der Waals surface area contributed by atoms with Crippen LogP contribution in [0.2, 0.25) is 0 Å². The number of anilines is 1. The van der Waals surface area contributed by atoms with Gasteiger partial charge in [0, 0.05) is 12.1 Å². The molecule has 0 bridgehead atoms. The summed E-state index contributed by atoms with van der Waals surface area (Å²) in [6, 6.07) is 5.53. The van der Waals surface area contributed by atoms with Gasteiger partial charge in [-0.25, -0.2) is 8.42 Å². The Balaban J connectivity index is 2.41. The van der Waals surface area contributed by atoms with E-state index in [1.54, 1.807) is 6.07 Å². The van der Waals surface area contributed by atoms with E-state index in [0.717, 1.165) is 36.1 Å². The van der Waals surface area contributed by atoms with Gasteiger partial charge in [0.15, 0.2) is 0 Å². The van der Waals surface area contributed by atoms with E-state index in [2.05, 4.69) is 11.8 Å². The smallest absolute Gasteiger partial charge is 0.235 e. The Morgan fingerprint density at radius 3 is 2.80 bits per heavy atom. The Kier molecular flexibility index (Phi) is 4.69. The van der Waals surface area contributed by atoms with Gasteiger partial charge in [-0.2, -0.15) is 0 Å². The number of hydrogen-bond donors (Lipinski definition) is 1. The highest BCUT2D eigenvalue weighted by molar-refractivity contribution is 7.92. The molecule has 1 aliphatic rings. The number of aliphatic hydroxyl groups is 1. The summed E-state index contributed by atoms with van der Waals surface area (Å²) in [6.07, 6.45) is 2.38. The number of nitrogens with zero attached hydrogens (tertiary/aromatic N) is 1. The van der Waals surface area contributed by atoms with Crippen molar-refractivity contribution in [1.29, 1.82) is 0 Å². The minimum Gasteiger partial charge on any atom is -0.384 e. The summed E-state index contributed by atoms with van der Waals surface area (Å²) in [5, 5.41) is 8.72. The average Bonchev–Trinajstić information content (AvgIpc) is 2.44. The molecule has 4 nitrogen and oxygen atoms in total. The van der Waals surface area contributed by atoms with Crippen molar-refractivity contribution in [3.8, 4) is 11.8 Å². The van der Waals surface area contributed by atoms with Crippen LogP contribution in [0.3, 0.4) is 0 Å². The largest absolute Gasteiger partial charge is 0.384 e. The second-order valence-corrected chi connectivity index (χ2v) is 6.77. The van der Waals surface area contributed by atoms with Gasteiger partial charge in [-0.1, -0.05) is 18.8 Å². The normalized spacial score (nSPS) is 17.4. The highest BCUT2D eigenvalue weighted by atomic mass is 32.2. The second-order valence-electron chi connectivity index (χ2n) is 4.75. The van der Waals surface area contributed by atoms with Crippen molar-refractivity contribution in [1.82, 2.24) is 0 Å². The lowest BCUT2D eigenvalue weighted by Crippen LogP contribution is -2.38. The van der Waals surface area contributed by atoms with Gasteiger partial charge in [0.1, 0.15) is 6.61 Å². The molecule has 0 unspecified atom stereocenters. The van der Waals surface area contributed by atoms with Crippen molar-refractivity contribution in [2.24, 2.45) is 0 Å². The molecular weight excluding hydrogens is 274 g/mol. The van der Waals surface area contributed by atoms with Gasteiger partial charge in [-0.15, -0.1) is 0 Å². The highest BCUT2D eigenvalue weighted by Crippen LogP contribution is 2.28. The van der Waals surface area contributed by atoms with Crippen LogP contribution in [0.1, 0.15) is 30.9 Å². The van der Waals surface area contributed by atoms with E-state index in [0.29, 0.717) is 6.54 Å². The molecule has 2 rings (SSSR count). The van der Waals surface area contributed by atoms with Crippen LogP contribution in [0.25, 0.3) is 0 Å². The van der Waals surface area contributed by atoms with Crippen molar-refractivity contribution in [3.05, 3.63) is 29.3 Å². The zero-order chi connectivity index (χ0) is 14.6. The molecule has 1 aliphatic heterocycles. The van der Waals surface area contributed by atoms with E-state index in [9.17, 15) is 8.42 Å². The quantitative estimate of drug-likeness (QED) is 0.841. The lowest BCUT2D eigenvalue weighted by molar-refractivity contribution is 0.350. The van der Waals surface area contributed by atoms with Gasteiger partial charge >= 0.3 is 0 Å².